The number of fused-ring (bicyclic) bond motifs is 1. The monoisotopic (exact) mass is 435 g/mol. The Labute approximate surface area is 187 Å². The fourth-order valence-electron chi connectivity index (χ4n) is 5.37. The van der Waals surface area contributed by atoms with Gasteiger partial charge in [-0.2, -0.15) is 0 Å². The van der Waals surface area contributed by atoms with Gasteiger partial charge in [-0.1, -0.05) is 12.2 Å². The number of nitro groups is 1. The van der Waals surface area contributed by atoms with E-state index in [9.17, 15) is 14.9 Å². The van der Waals surface area contributed by atoms with Crippen molar-refractivity contribution in [2.75, 3.05) is 26.7 Å². The van der Waals surface area contributed by atoms with Gasteiger partial charge >= 0.3 is 0 Å². The topological polar surface area (TPSA) is 84.5 Å². The molecule has 1 unspecified atom stereocenters. The summed E-state index contributed by atoms with van der Waals surface area (Å²) >= 11 is 0. The van der Waals surface area contributed by atoms with E-state index in [1.54, 1.807) is 10.6 Å². The highest BCUT2D eigenvalue weighted by Gasteiger charge is 2.36. The van der Waals surface area contributed by atoms with Crippen molar-refractivity contribution in [1.82, 2.24) is 19.4 Å². The second-order valence-corrected chi connectivity index (χ2v) is 9.11. The van der Waals surface area contributed by atoms with Crippen LogP contribution in [0.5, 0.6) is 0 Å². The zero-order chi connectivity index (χ0) is 22.2. The van der Waals surface area contributed by atoms with E-state index in [1.165, 1.54) is 12.1 Å². The summed E-state index contributed by atoms with van der Waals surface area (Å²) in [6.45, 7) is 3.19. The van der Waals surface area contributed by atoms with E-state index < -0.39 is 4.92 Å². The maximum Gasteiger partial charge on any atom is 0.270 e. The number of benzene rings is 1. The van der Waals surface area contributed by atoms with Gasteiger partial charge in [-0.25, -0.2) is 4.98 Å². The molecule has 0 bridgehead atoms. The van der Waals surface area contributed by atoms with Crippen LogP contribution in [0.2, 0.25) is 0 Å². The Hall–Kier alpha value is -2.84. The Bertz CT molecular complexity index is 1160. The molecule has 1 aromatic heterocycles. The number of hydrogen-bond donors (Lipinski definition) is 0. The molecule has 2 aliphatic heterocycles. The molecule has 2 aromatic rings. The Morgan fingerprint density at radius 3 is 2.66 bits per heavy atom. The molecule has 8 nitrogen and oxygen atoms in total. The van der Waals surface area contributed by atoms with Gasteiger partial charge in [0.2, 0.25) is 0 Å². The molecule has 3 heterocycles. The Morgan fingerprint density at radius 2 is 1.94 bits per heavy atom. The second kappa shape index (κ2) is 8.60. The number of non-ortho nitro benzene ring substituents is 1. The van der Waals surface area contributed by atoms with E-state index >= 15 is 0 Å². The molecule has 1 atom stereocenters. The average Bonchev–Trinajstić information content (AvgIpc) is 3.29. The molecule has 0 radical (unpaired) electrons. The number of likely N-dealkylation sites (tertiary alicyclic amines) is 2. The van der Waals surface area contributed by atoms with Crippen LogP contribution < -0.4 is 5.56 Å². The first kappa shape index (κ1) is 21.0. The number of aromatic nitrogens is 2. The van der Waals surface area contributed by atoms with Crippen molar-refractivity contribution in [2.24, 2.45) is 0 Å². The van der Waals surface area contributed by atoms with E-state index in [0.717, 1.165) is 69.7 Å². The summed E-state index contributed by atoms with van der Waals surface area (Å²) in [6.07, 6.45) is 12.2. The van der Waals surface area contributed by atoms with Gasteiger partial charge in [0.1, 0.15) is 5.82 Å². The highest BCUT2D eigenvalue weighted by Crippen LogP contribution is 2.36. The van der Waals surface area contributed by atoms with Gasteiger partial charge in [0.25, 0.3) is 11.2 Å². The van der Waals surface area contributed by atoms with E-state index in [4.69, 9.17) is 4.98 Å². The Balaban J connectivity index is 1.65. The van der Waals surface area contributed by atoms with Crippen LogP contribution in [-0.2, 0) is 0 Å². The molecule has 2 saturated heterocycles. The lowest BCUT2D eigenvalue weighted by molar-refractivity contribution is -0.384. The van der Waals surface area contributed by atoms with Crippen molar-refractivity contribution in [3.63, 3.8) is 0 Å². The molecule has 5 rings (SSSR count). The molecular formula is C24H29N5O3. The van der Waals surface area contributed by atoms with Crippen molar-refractivity contribution < 1.29 is 4.92 Å². The highest BCUT2D eigenvalue weighted by molar-refractivity contribution is 5.81. The number of hydrogen-bond acceptors (Lipinski definition) is 6. The van der Waals surface area contributed by atoms with Crippen LogP contribution in [-0.4, -0.2) is 57.0 Å². The van der Waals surface area contributed by atoms with E-state index in [-0.39, 0.29) is 17.3 Å². The third-order valence-electron chi connectivity index (χ3n) is 7.07. The number of nitro benzene ring substituents is 1. The standard InChI is InChI=1S/C24H29N5O3/c1-26-14-11-17(12-15-26)27-13-5-8-22(27)23-25-21-10-9-19(29(31)32)16-20(21)24(30)28(23)18-6-3-2-4-7-18/h3,6-7,9-10,16-17,22H,2,4-5,8,11-15H2,1H3. The zero-order valence-electron chi connectivity index (χ0n) is 18.4. The smallest absolute Gasteiger partial charge is 0.270 e. The quantitative estimate of drug-likeness (QED) is 0.537. The molecule has 0 saturated carbocycles. The minimum atomic E-state index is -0.463. The van der Waals surface area contributed by atoms with Gasteiger partial charge in [0, 0.05) is 23.9 Å². The maximum atomic E-state index is 13.7. The van der Waals surface area contributed by atoms with Crippen LogP contribution in [0.25, 0.3) is 16.6 Å². The zero-order valence-corrected chi connectivity index (χ0v) is 18.4. The van der Waals surface area contributed by atoms with Crippen molar-refractivity contribution in [3.05, 3.63) is 62.7 Å². The third kappa shape index (κ3) is 3.78. The summed E-state index contributed by atoms with van der Waals surface area (Å²) < 4.78 is 1.72. The first-order chi connectivity index (χ1) is 15.5. The van der Waals surface area contributed by atoms with Crippen LogP contribution in [0.4, 0.5) is 5.69 Å². The van der Waals surface area contributed by atoms with Crippen molar-refractivity contribution in [2.45, 2.75) is 50.6 Å². The fourth-order valence-corrected chi connectivity index (χ4v) is 5.37. The molecule has 3 aliphatic rings. The lowest BCUT2D eigenvalue weighted by Crippen LogP contribution is -2.44. The predicted molar refractivity (Wildman–Crippen MR) is 125 cm³/mol. The SMILES string of the molecule is CN1CCC(N2CCCC2c2nc3ccc([N+](=O)[O-])cc3c(=O)n2C2=CCCC=C2)CC1. The van der Waals surface area contributed by atoms with Gasteiger partial charge in [-0.05, 0) is 77.3 Å². The molecule has 8 heteroatoms. The van der Waals surface area contributed by atoms with Crippen LogP contribution in [0.1, 0.15) is 50.4 Å². The molecule has 1 aromatic carbocycles. The number of nitrogens with zero attached hydrogens (tertiary/aromatic N) is 5. The summed E-state index contributed by atoms with van der Waals surface area (Å²) in [5.41, 5.74) is 1.05. The summed E-state index contributed by atoms with van der Waals surface area (Å²) in [5, 5.41) is 11.6. The van der Waals surface area contributed by atoms with Crippen molar-refractivity contribution >= 4 is 22.3 Å². The van der Waals surface area contributed by atoms with Crippen LogP contribution in [0, 0.1) is 10.1 Å². The van der Waals surface area contributed by atoms with E-state index in [0.29, 0.717) is 16.9 Å². The van der Waals surface area contributed by atoms with Gasteiger partial charge < -0.3 is 4.90 Å². The van der Waals surface area contributed by atoms with Crippen LogP contribution >= 0.6 is 0 Å². The summed E-state index contributed by atoms with van der Waals surface area (Å²) in [6, 6.07) is 4.98. The minimum absolute atomic E-state index is 0.0759. The molecule has 32 heavy (non-hydrogen) atoms. The maximum absolute atomic E-state index is 13.7. The average molecular weight is 436 g/mol. The van der Waals surface area contributed by atoms with Crippen LogP contribution in [0.15, 0.2) is 41.2 Å². The van der Waals surface area contributed by atoms with Gasteiger partial charge in [0.05, 0.1) is 21.9 Å². The lowest BCUT2D eigenvalue weighted by Gasteiger charge is -2.38. The Morgan fingerprint density at radius 1 is 1.12 bits per heavy atom. The molecule has 1 aliphatic carbocycles. The molecule has 2 fully saturated rings. The summed E-state index contributed by atoms with van der Waals surface area (Å²) in [4.78, 5) is 34.4. The summed E-state index contributed by atoms with van der Waals surface area (Å²) in [7, 11) is 2.17. The van der Waals surface area contributed by atoms with Crippen molar-refractivity contribution in [3.8, 4) is 0 Å². The van der Waals surface area contributed by atoms with Crippen LogP contribution in [0.3, 0.4) is 0 Å². The van der Waals surface area contributed by atoms with Gasteiger partial charge in [0.15, 0.2) is 0 Å². The molecular weight excluding hydrogens is 406 g/mol. The first-order valence-electron chi connectivity index (χ1n) is 11.6. The highest BCUT2D eigenvalue weighted by atomic mass is 16.6. The minimum Gasteiger partial charge on any atom is -0.306 e. The number of allylic oxidation sites excluding steroid dienone is 4. The Kier molecular flexibility index (Phi) is 5.65. The molecule has 168 valence electrons. The van der Waals surface area contributed by atoms with E-state index in [1.807, 2.05) is 6.08 Å². The third-order valence-corrected chi connectivity index (χ3v) is 7.07. The molecule has 0 spiro atoms. The predicted octanol–water partition coefficient (Wildman–Crippen LogP) is 3.73. The largest absolute Gasteiger partial charge is 0.306 e. The lowest BCUT2D eigenvalue weighted by atomic mass is 10.0. The number of rotatable bonds is 4. The van der Waals surface area contributed by atoms with Gasteiger partial charge in [-0.15, -0.1) is 0 Å². The summed E-state index contributed by atoms with van der Waals surface area (Å²) in [5.74, 6) is 0.769. The van der Waals surface area contributed by atoms with Crippen molar-refractivity contribution in [1.29, 1.82) is 0 Å². The molecule has 0 N–H and O–H groups in total. The first-order valence-corrected chi connectivity index (χ1v) is 11.6. The molecule has 0 amide bonds. The van der Waals surface area contributed by atoms with Gasteiger partial charge in [-0.3, -0.25) is 24.4 Å². The second-order valence-electron chi connectivity index (χ2n) is 9.11. The normalized spacial score (nSPS) is 23.0. The fraction of sp³-hybridized carbons (Fsp3) is 0.500. The number of piperidine rings is 1. The van der Waals surface area contributed by atoms with E-state index in [2.05, 4.69) is 29.0 Å².